The van der Waals surface area contributed by atoms with Crippen molar-refractivity contribution in [2.24, 2.45) is 0 Å². The first-order valence-corrected chi connectivity index (χ1v) is 8.56. The van der Waals surface area contributed by atoms with Crippen LogP contribution in [0.1, 0.15) is 12.6 Å². The van der Waals surface area contributed by atoms with Crippen LogP contribution in [0.2, 0.25) is 0 Å². The van der Waals surface area contributed by atoms with Crippen LogP contribution in [-0.2, 0) is 0 Å². The van der Waals surface area contributed by atoms with Crippen LogP contribution >= 0.6 is 0 Å². The highest BCUT2D eigenvalue weighted by molar-refractivity contribution is 5.88. The molecule has 0 saturated carbocycles. The van der Waals surface area contributed by atoms with Gasteiger partial charge in [-0.3, -0.25) is 0 Å². The van der Waals surface area contributed by atoms with Crippen molar-refractivity contribution in [2.75, 3.05) is 42.6 Å². The zero-order valence-corrected chi connectivity index (χ0v) is 14.5. The lowest BCUT2D eigenvalue weighted by Crippen LogP contribution is -2.47. The maximum absolute atomic E-state index is 5.77. The normalized spacial score (nSPS) is 15.0. The standard InChI is InChI=1S/C18H21N5O2/c1-3-24-15-7-5-4-6-14(15)22-8-10-23(11-9-22)17-16-13(2)21-25-18(16)20-12-19-17/h4-7,12H,3,8-11H2,1-2H3. The van der Waals surface area contributed by atoms with Gasteiger partial charge in [0.05, 0.1) is 18.0 Å². The molecule has 0 spiro atoms. The van der Waals surface area contributed by atoms with Crippen molar-refractivity contribution in [1.82, 2.24) is 15.1 Å². The van der Waals surface area contributed by atoms with Gasteiger partial charge in [-0.25, -0.2) is 4.98 Å². The molecule has 1 aromatic carbocycles. The molecule has 130 valence electrons. The van der Waals surface area contributed by atoms with E-state index in [2.05, 4.69) is 37.1 Å². The highest BCUT2D eigenvalue weighted by Gasteiger charge is 2.23. The average Bonchev–Trinajstić information content (AvgIpc) is 3.04. The van der Waals surface area contributed by atoms with Gasteiger partial charge < -0.3 is 19.1 Å². The number of aryl methyl sites for hydroxylation is 1. The van der Waals surface area contributed by atoms with Gasteiger partial charge in [-0.15, -0.1) is 0 Å². The Morgan fingerprint density at radius 2 is 1.84 bits per heavy atom. The summed E-state index contributed by atoms with van der Waals surface area (Å²) in [5.41, 5.74) is 2.53. The summed E-state index contributed by atoms with van der Waals surface area (Å²) in [6, 6.07) is 8.21. The molecule has 1 saturated heterocycles. The predicted molar refractivity (Wildman–Crippen MR) is 96.4 cm³/mol. The summed E-state index contributed by atoms with van der Waals surface area (Å²) in [5, 5.41) is 4.92. The summed E-state index contributed by atoms with van der Waals surface area (Å²) in [4.78, 5) is 13.3. The number of piperazine rings is 1. The Morgan fingerprint density at radius 1 is 1.08 bits per heavy atom. The van der Waals surface area contributed by atoms with E-state index in [1.807, 2.05) is 26.0 Å². The Kier molecular flexibility index (Phi) is 4.13. The maximum atomic E-state index is 5.77. The van der Waals surface area contributed by atoms with E-state index in [1.54, 1.807) is 6.33 Å². The molecular formula is C18H21N5O2. The summed E-state index contributed by atoms with van der Waals surface area (Å²) in [7, 11) is 0. The Balaban J connectivity index is 1.55. The molecule has 0 amide bonds. The van der Waals surface area contributed by atoms with E-state index in [4.69, 9.17) is 9.26 Å². The van der Waals surface area contributed by atoms with E-state index in [9.17, 15) is 0 Å². The second-order valence-corrected chi connectivity index (χ2v) is 6.02. The van der Waals surface area contributed by atoms with Crippen molar-refractivity contribution < 1.29 is 9.26 Å². The van der Waals surface area contributed by atoms with Crippen molar-refractivity contribution in [1.29, 1.82) is 0 Å². The number of nitrogens with zero attached hydrogens (tertiary/aromatic N) is 5. The maximum Gasteiger partial charge on any atom is 0.263 e. The molecule has 0 N–H and O–H groups in total. The Morgan fingerprint density at radius 3 is 2.64 bits per heavy atom. The van der Waals surface area contributed by atoms with Crippen LogP contribution in [0.15, 0.2) is 35.1 Å². The fraction of sp³-hybridized carbons (Fsp3) is 0.389. The quantitative estimate of drug-likeness (QED) is 0.724. The number of hydrogen-bond acceptors (Lipinski definition) is 7. The summed E-state index contributed by atoms with van der Waals surface area (Å²) in [6.07, 6.45) is 1.54. The number of fused-ring (bicyclic) bond motifs is 1. The van der Waals surface area contributed by atoms with Gasteiger partial charge >= 0.3 is 0 Å². The average molecular weight is 339 g/mol. The number of rotatable bonds is 4. The van der Waals surface area contributed by atoms with Gasteiger partial charge in [-0.2, -0.15) is 4.98 Å². The number of ether oxygens (including phenoxy) is 1. The van der Waals surface area contributed by atoms with Crippen LogP contribution in [0.3, 0.4) is 0 Å². The van der Waals surface area contributed by atoms with Crippen molar-refractivity contribution in [3.8, 4) is 5.75 Å². The molecule has 0 aliphatic carbocycles. The number of hydrogen-bond donors (Lipinski definition) is 0. The van der Waals surface area contributed by atoms with Gasteiger partial charge in [0.2, 0.25) is 0 Å². The van der Waals surface area contributed by atoms with E-state index >= 15 is 0 Å². The summed E-state index contributed by atoms with van der Waals surface area (Å²) in [5.74, 6) is 1.85. The minimum absolute atomic E-state index is 0.548. The van der Waals surface area contributed by atoms with Crippen molar-refractivity contribution in [3.05, 3.63) is 36.3 Å². The lowest BCUT2D eigenvalue weighted by molar-refractivity contribution is 0.340. The Labute approximate surface area is 146 Å². The molecule has 0 bridgehead atoms. The molecule has 3 heterocycles. The SMILES string of the molecule is CCOc1ccccc1N1CCN(c2ncnc3onc(C)c23)CC1. The van der Waals surface area contributed by atoms with E-state index < -0.39 is 0 Å². The smallest absolute Gasteiger partial charge is 0.263 e. The molecule has 0 unspecified atom stereocenters. The Hall–Kier alpha value is -2.83. The third-order valence-corrected chi connectivity index (χ3v) is 4.51. The molecule has 7 nitrogen and oxygen atoms in total. The minimum atomic E-state index is 0.548. The molecule has 0 atom stereocenters. The third-order valence-electron chi connectivity index (χ3n) is 4.51. The van der Waals surface area contributed by atoms with Crippen molar-refractivity contribution in [3.63, 3.8) is 0 Å². The number of aromatic nitrogens is 3. The van der Waals surface area contributed by atoms with E-state index in [0.29, 0.717) is 12.3 Å². The molecule has 7 heteroatoms. The number of para-hydroxylation sites is 2. The molecule has 25 heavy (non-hydrogen) atoms. The molecule has 0 radical (unpaired) electrons. The highest BCUT2D eigenvalue weighted by atomic mass is 16.5. The van der Waals surface area contributed by atoms with Gasteiger partial charge in [0.1, 0.15) is 23.3 Å². The summed E-state index contributed by atoms with van der Waals surface area (Å²) in [6.45, 7) is 8.15. The van der Waals surface area contributed by atoms with Gasteiger partial charge in [0, 0.05) is 26.2 Å². The third kappa shape index (κ3) is 2.86. The molecule has 1 aliphatic rings. The van der Waals surface area contributed by atoms with Crippen LogP contribution in [0, 0.1) is 6.92 Å². The van der Waals surface area contributed by atoms with Gasteiger partial charge in [-0.05, 0) is 26.0 Å². The first kappa shape index (κ1) is 15.7. The van der Waals surface area contributed by atoms with Gasteiger partial charge in [0.25, 0.3) is 5.71 Å². The first-order chi connectivity index (χ1) is 12.3. The largest absolute Gasteiger partial charge is 0.492 e. The zero-order valence-electron chi connectivity index (χ0n) is 14.5. The van der Waals surface area contributed by atoms with Gasteiger partial charge in [-0.1, -0.05) is 17.3 Å². The van der Waals surface area contributed by atoms with Crippen molar-refractivity contribution in [2.45, 2.75) is 13.8 Å². The summed E-state index contributed by atoms with van der Waals surface area (Å²) >= 11 is 0. The van der Waals surface area contributed by atoms with Gasteiger partial charge in [0.15, 0.2) is 0 Å². The second-order valence-electron chi connectivity index (χ2n) is 6.02. The molecule has 4 rings (SSSR count). The van der Waals surface area contributed by atoms with E-state index in [-0.39, 0.29) is 0 Å². The van der Waals surface area contributed by atoms with Crippen molar-refractivity contribution >= 4 is 22.6 Å². The minimum Gasteiger partial charge on any atom is -0.492 e. The Bertz CT molecular complexity index is 871. The predicted octanol–water partition coefficient (Wildman–Crippen LogP) is 2.65. The molecule has 1 aliphatic heterocycles. The number of anilines is 2. The summed E-state index contributed by atoms with van der Waals surface area (Å²) < 4.78 is 11.0. The van der Waals surface area contributed by atoms with E-state index in [1.165, 1.54) is 0 Å². The lowest BCUT2D eigenvalue weighted by atomic mass is 10.2. The van der Waals surface area contributed by atoms with Crippen LogP contribution in [0.4, 0.5) is 11.5 Å². The lowest BCUT2D eigenvalue weighted by Gasteiger charge is -2.37. The zero-order chi connectivity index (χ0) is 17.2. The van der Waals surface area contributed by atoms with Crippen LogP contribution in [0.25, 0.3) is 11.1 Å². The molecular weight excluding hydrogens is 318 g/mol. The fourth-order valence-electron chi connectivity index (χ4n) is 3.30. The van der Waals surface area contributed by atoms with E-state index in [0.717, 1.165) is 54.5 Å². The fourth-order valence-corrected chi connectivity index (χ4v) is 3.30. The first-order valence-electron chi connectivity index (χ1n) is 8.56. The molecule has 3 aromatic rings. The molecule has 2 aromatic heterocycles. The topological polar surface area (TPSA) is 67.5 Å². The highest BCUT2D eigenvalue weighted by Crippen LogP contribution is 2.31. The number of benzene rings is 1. The van der Waals surface area contributed by atoms with Crippen LogP contribution in [-0.4, -0.2) is 47.9 Å². The molecule has 1 fully saturated rings. The van der Waals surface area contributed by atoms with Crippen LogP contribution < -0.4 is 14.5 Å². The second kappa shape index (κ2) is 6.58. The monoisotopic (exact) mass is 339 g/mol. The van der Waals surface area contributed by atoms with Crippen LogP contribution in [0.5, 0.6) is 5.75 Å².